The summed E-state index contributed by atoms with van der Waals surface area (Å²) in [5, 5.41) is 3.19. The number of rotatable bonds is 3. The highest BCUT2D eigenvalue weighted by molar-refractivity contribution is 9.10. The van der Waals surface area contributed by atoms with Gasteiger partial charge in [-0.05, 0) is 55.3 Å². The van der Waals surface area contributed by atoms with Crippen molar-refractivity contribution in [2.75, 3.05) is 7.05 Å². The third-order valence-electron chi connectivity index (χ3n) is 3.35. The van der Waals surface area contributed by atoms with Gasteiger partial charge >= 0.3 is 0 Å². The standard InChI is InChI=1S/C16H16BrF2N/c1-9-6-11(7-10(2)15(9)19)16(20-3)13-5-4-12(18)8-14(13)17/h4-8,16,20H,1-3H3. The minimum atomic E-state index is -0.290. The van der Waals surface area contributed by atoms with Gasteiger partial charge in [0, 0.05) is 4.47 Å². The van der Waals surface area contributed by atoms with E-state index in [2.05, 4.69) is 21.2 Å². The first kappa shape index (κ1) is 15.1. The second kappa shape index (κ2) is 6.02. The molecule has 0 amide bonds. The highest BCUT2D eigenvalue weighted by atomic mass is 79.9. The molecule has 0 aliphatic carbocycles. The fourth-order valence-corrected chi connectivity index (χ4v) is 2.96. The van der Waals surface area contributed by atoms with E-state index in [0.717, 1.165) is 11.1 Å². The number of halogens is 3. The van der Waals surface area contributed by atoms with Crippen LogP contribution in [0.1, 0.15) is 28.3 Å². The van der Waals surface area contributed by atoms with E-state index in [1.54, 1.807) is 19.9 Å². The Labute approximate surface area is 126 Å². The molecule has 1 atom stereocenters. The van der Waals surface area contributed by atoms with Gasteiger partial charge in [-0.3, -0.25) is 0 Å². The lowest BCUT2D eigenvalue weighted by Crippen LogP contribution is -2.18. The number of aryl methyl sites for hydroxylation is 2. The molecule has 106 valence electrons. The molecule has 0 aliphatic heterocycles. The first-order valence-electron chi connectivity index (χ1n) is 6.33. The fourth-order valence-electron chi connectivity index (χ4n) is 2.38. The lowest BCUT2D eigenvalue weighted by Gasteiger charge is -2.20. The molecular formula is C16H16BrF2N. The van der Waals surface area contributed by atoms with Crippen molar-refractivity contribution in [2.45, 2.75) is 19.9 Å². The van der Waals surface area contributed by atoms with Crippen molar-refractivity contribution in [1.29, 1.82) is 0 Å². The van der Waals surface area contributed by atoms with Gasteiger partial charge in [-0.15, -0.1) is 0 Å². The number of benzene rings is 2. The van der Waals surface area contributed by atoms with Gasteiger partial charge in [0.1, 0.15) is 11.6 Å². The number of nitrogens with one attached hydrogen (secondary N) is 1. The maximum absolute atomic E-state index is 13.7. The molecule has 0 saturated heterocycles. The molecule has 4 heteroatoms. The van der Waals surface area contributed by atoms with Crippen molar-refractivity contribution < 1.29 is 8.78 Å². The Kier molecular flexibility index (Phi) is 4.55. The van der Waals surface area contributed by atoms with Crippen molar-refractivity contribution >= 4 is 15.9 Å². The van der Waals surface area contributed by atoms with Crippen molar-refractivity contribution in [2.24, 2.45) is 0 Å². The van der Waals surface area contributed by atoms with Gasteiger partial charge < -0.3 is 5.32 Å². The van der Waals surface area contributed by atoms with E-state index in [-0.39, 0.29) is 17.7 Å². The van der Waals surface area contributed by atoms with Crippen LogP contribution in [0.3, 0.4) is 0 Å². The summed E-state index contributed by atoms with van der Waals surface area (Å²) < 4.78 is 27.6. The Hall–Kier alpha value is -1.26. The Morgan fingerprint density at radius 1 is 1.05 bits per heavy atom. The Balaban J connectivity index is 2.52. The Bertz CT molecular complexity index is 617. The minimum absolute atomic E-state index is 0.122. The summed E-state index contributed by atoms with van der Waals surface area (Å²) in [5.41, 5.74) is 3.09. The summed E-state index contributed by atoms with van der Waals surface area (Å²) in [4.78, 5) is 0. The van der Waals surface area contributed by atoms with Crippen LogP contribution in [0.2, 0.25) is 0 Å². The minimum Gasteiger partial charge on any atom is -0.309 e. The SMILES string of the molecule is CNC(c1cc(C)c(F)c(C)c1)c1ccc(F)cc1Br. The van der Waals surface area contributed by atoms with Gasteiger partial charge in [-0.1, -0.05) is 34.1 Å². The number of hydrogen-bond donors (Lipinski definition) is 1. The number of hydrogen-bond acceptors (Lipinski definition) is 1. The molecule has 2 rings (SSSR count). The molecule has 1 N–H and O–H groups in total. The van der Waals surface area contributed by atoms with E-state index in [4.69, 9.17) is 0 Å². The van der Waals surface area contributed by atoms with Crippen molar-refractivity contribution in [1.82, 2.24) is 5.32 Å². The molecule has 0 aliphatic rings. The summed E-state index contributed by atoms with van der Waals surface area (Å²) in [6, 6.07) is 8.10. The van der Waals surface area contributed by atoms with Crippen LogP contribution in [-0.4, -0.2) is 7.05 Å². The van der Waals surface area contributed by atoms with E-state index < -0.39 is 0 Å². The summed E-state index contributed by atoms with van der Waals surface area (Å²) in [6.07, 6.45) is 0. The predicted molar refractivity (Wildman–Crippen MR) is 80.9 cm³/mol. The van der Waals surface area contributed by atoms with E-state index in [1.807, 2.05) is 19.2 Å². The van der Waals surface area contributed by atoms with Crippen molar-refractivity contribution in [3.63, 3.8) is 0 Å². The summed E-state index contributed by atoms with van der Waals surface area (Å²) in [5.74, 6) is -0.469. The topological polar surface area (TPSA) is 12.0 Å². The average Bonchev–Trinajstić information content (AvgIpc) is 2.39. The highest BCUT2D eigenvalue weighted by Gasteiger charge is 2.17. The van der Waals surface area contributed by atoms with Gasteiger partial charge in [0.15, 0.2) is 0 Å². The zero-order valence-corrected chi connectivity index (χ0v) is 13.2. The van der Waals surface area contributed by atoms with E-state index in [1.165, 1.54) is 12.1 Å². The van der Waals surface area contributed by atoms with Gasteiger partial charge in [-0.2, -0.15) is 0 Å². The maximum atomic E-state index is 13.7. The third-order valence-corrected chi connectivity index (χ3v) is 4.04. The van der Waals surface area contributed by atoms with Crippen LogP contribution in [0.5, 0.6) is 0 Å². The predicted octanol–water partition coefficient (Wildman–Crippen LogP) is 4.65. The van der Waals surface area contributed by atoms with Gasteiger partial charge in [0.25, 0.3) is 0 Å². The molecule has 0 saturated carbocycles. The second-order valence-electron chi connectivity index (χ2n) is 4.86. The van der Waals surface area contributed by atoms with Gasteiger partial charge in [0.2, 0.25) is 0 Å². The van der Waals surface area contributed by atoms with Crippen LogP contribution < -0.4 is 5.32 Å². The van der Waals surface area contributed by atoms with Crippen LogP contribution in [-0.2, 0) is 0 Å². The zero-order chi connectivity index (χ0) is 14.9. The molecule has 0 bridgehead atoms. The second-order valence-corrected chi connectivity index (χ2v) is 5.71. The molecule has 0 aromatic heterocycles. The quantitative estimate of drug-likeness (QED) is 0.857. The molecule has 2 aromatic carbocycles. The molecule has 1 nitrogen and oxygen atoms in total. The zero-order valence-electron chi connectivity index (χ0n) is 11.6. The van der Waals surface area contributed by atoms with Crippen LogP contribution in [0.25, 0.3) is 0 Å². The lowest BCUT2D eigenvalue weighted by atomic mass is 9.95. The fraction of sp³-hybridized carbons (Fsp3) is 0.250. The summed E-state index contributed by atoms with van der Waals surface area (Å²) in [6.45, 7) is 3.50. The van der Waals surface area contributed by atoms with E-state index in [9.17, 15) is 8.78 Å². The normalized spacial score (nSPS) is 12.5. The monoisotopic (exact) mass is 339 g/mol. The molecule has 0 heterocycles. The van der Waals surface area contributed by atoms with Gasteiger partial charge in [-0.25, -0.2) is 8.78 Å². The molecule has 2 aromatic rings. The molecule has 1 unspecified atom stereocenters. The molecular weight excluding hydrogens is 324 g/mol. The third kappa shape index (κ3) is 2.91. The van der Waals surface area contributed by atoms with Crippen molar-refractivity contribution in [3.8, 4) is 0 Å². The average molecular weight is 340 g/mol. The summed E-state index contributed by atoms with van der Waals surface area (Å²) >= 11 is 3.38. The first-order chi connectivity index (χ1) is 9.43. The highest BCUT2D eigenvalue weighted by Crippen LogP contribution is 2.30. The molecule has 0 spiro atoms. The van der Waals surface area contributed by atoms with Crippen LogP contribution >= 0.6 is 15.9 Å². The van der Waals surface area contributed by atoms with E-state index >= 15 is 0 Å². The van der Waals surface area contributed by atoms with E-state index in [0.29, 0.717) is 15.6 Å². The van der Waals surface area contributed by atoms with Crippen molar-refractivity contribution in [3.05, 3.63) is 68.7 Å². The van der Waals surface area contributed by atoms with Crippen LogP contribution in [0, 0.1) is 25.5 Å². The van der Waals surface area contributed by atoms with Crippen LogP contribution in [0.4, 0.5) is 8.78 Å². The Morgan fingerprint density at radius 3 is 2.15 bits per heavy atom. The lowest BCUT2D eigenvalue weighted by molar-refractivity contribution is 0.603. The summed E-state index contributed by atoms with van der Waals surface area (Å²) in [7, 11) is 1.83. The molecule has 20 heavy (non-hydrogen) atoms. The van der Waals surface area contributed by atoms with Crippen LogP contribution in [0.15, 0.2) is 34.8 Å². The first-order valence-corrected chi connectivity index (χ1v) is 7.12. The smallest absolute Gasteiger partial charge is 0.129 e. The maximum Gasteiger partial charge on any atom is 0.129 e. The molecule has 0 radical (unpaired) electrons. The largest absolute Gasteiger partial charge is 0.309 e. The van der Waals surface area contributed by atoms with Gasteiger partial charge in [0.05, 0.1) is 6.04 Å². The Morgan fingerprint density at radius 2 is 1.65 bits per heavy atom. The molecule has 0 fully saturated rings.